The van der Waals surface area contributed by atoms with Crippen LogP contribution >= 0.6 is 0 Å². The van der Waals surface area contributed by atoms with Crippen molar-refractivity contribution in [2.45, 2.75) is 24.4 Å². The Hall–Kier alpha value is -1.52. The molecule has 2 N–H and O–H groups in total. The number of hydrogen-bond acceptors (Lipinski definition) is 4. The molecule has 0 bridgehead atoms. The Morgan fingerprint density at radius 1 is 1.20 bits per heavy atom. The summed E-state index contributed by atoms with van der Waals surface area (Å²) in [6, 6.07) is 6.26. The molecular weight excluding hydrogens is 252 g/mol. The van der Waals surface area contributed by atoms with E-state index in [-0.39, 0.29) is 18.0 Å². The normalized spacial score (nSPS) is 25.8. The zero-order valence-corrected chi connectivity index (χ0v) is 12.7. The molecule has 1 aliphatic rings. The zero-order chi connectivity index (χ0) is 14.7. The molecule has 1 unspecified atom stereocenters. The standard InChI is InChI=1S/C16H24N2O2/c1-18(2)13-9-5-7-11(15(13)17)12-8-6-10-14(19-3)16(12)20-4/h5-6,8-11,13,15H,7,17H2,1-4H3/t11-,13-,15?/m0/s1. The Morgan fingerprint density at radius 3 is 2.55 bits per heavy atom. The highest BCUT2D eigenvalue weighted by Gasteiger charge is 2.32. The molecule has 1 aromatic carbocycles. The van der Waals surface area contributed by atoms with E-state index in [9.17, 15) is 0 Å². The minimum Gasteiger partial charge on any atom is -0.493 e. The summed E-state index contributed by atoms with van der Waals surface area (Å²) >= 11 is 0. The maximum atomic E-state index is 6.48. The van der Waals surface area contributed by atoms with Gasteiger partial charge in [-0.05, 0) is 26.6 Å². The van der Waals surface area contributed by atoms with Crippen molar-refractivity contribution in [3.63, 3.8) is 0 Å². The van der Waals surface area contributed by atoms with Crippen molar-refractivity contribution in [1.29, 1.82) is 0 Å². The van der Waals surface area contributed by atoms with Gasteiger partial charge in [0.05, 0.1) is 14.2 Å². The first-order chi connectivity index (χ1) is 9.60. The average Bonchev–Trinajstić information content (AvgIpc) is 2.46. The Bertz CT molecular complexity index is 485. The van der Waals surface area contributed by atoms with Crippen LogP contribution in [0, 0.1) is 0 Å². The second kappa shape index (κ2) is 6.29. The zero-order valence-electron chi connectivity index (χ0n) is 12.7. The number of nitrogens with zero attached hydrogens (tertiary/aromatic N) is 1. The van der Waals surface area contributed by atoms with Gasteiger partial charge in [0, 0.05) is 23.6 Å². The SMILES string of the molecule is COc1cccc([C@@H]2CC=C[C@H](N(C)C)C2N)c1OC. The highest BCUT2D eigenvalue weighted by Crippen LogP contribution is 2.40. The van der Waals surface area contributed by atoms with Gasteiger partial charge in [-0.25, -0.2) is 0 Å². The number of likely N-dealkylation sites (N-methyl/N-ethyl adjacent to an activating group) is 1. The molecule has 0 saturated heterocycles. The Kier molecular flexibility index (Phi) is 4.68. The van der Waals surface area contributed by atoms with Gasteiger partial charge in [-0.15, -0.1) is 0 Å². The minimum absolute atomic E-state index is 0.0380. The maximum absolute atomic E-state index is 6.48. The lowest BCUT2D eigenvalue weighted by molar-refractivity contribution is 0.265. The number of para-hydroxylation sites is 1. The summed E-state index contributed by atoms with van der Waals surface area (Å²) in [7, 11) is 7.44. The summed E-state index contributed by atoms with van der Waals surface area (Å²) in [5.74, 6) is 1.79. The van der Waals surface area contributed by atoms with Crippen LogP contribution in [0.1, 0.15) is 17.9 Å². The second-order valence-corrected chi connectivity index (χ2v) is 5.38. The predicted molar refractivity (Wildman–Crippen MR) is 81.5 cm³/mol. The van der Waals surface area contributed by atoms with E-state index in [0.29, 0.717) is 0 Å². The molecule has 0 radical (unpaired) electrons. The van der Waals surface area contributed by atoms with Gasteiger partial charge in [0.2, 0.25) is 0 Å². The lowest BCUT2D eigenvalue weighted by atomic mass is 9.80. The van der Waals surface area contributed by atoms with Gasteiger partial charge < -0.3 is 20.1 Å². The van der Waals surface area contributed by atoms with E-state index in [1.165, 1.54) is 0 Å². The van der Waals surface area contributed by atoms with Gasteiger partial charge in [-0.2, -0.15) is 0 Å². The van der Waals surface area contributed by atoms with Crippen molar-refractivity contribution in [1.82, 2.24) is 4.90 Å². The van der Waals surface area contributed by atoms with E-state index in [0.717, 1.165) is 23.5 Å². The lowest BCUT2D eigenvalue weighted by Crippen LogP contribution is -2.48. The maximum Gasteiger partial charge on any atom is 0.164 e. The van der Waals surface area contributed by atoms with Crippen LogP contribution in [0.15, 0.2) is 30.4 Å². The molecule has 0 saturated carbocycles. The number of nitrogens with two attached hydrogens (primary N) is 1. The van der Waals surface area contributed by atoms with Crippen molar-refractivity contribution in [3.8, 4) is 11.5 Å². The molecule has 0 aromatic heterocycles. The Labute approximate surface area is 121 Å². The quantitative estimate of drug-likeness (QED) is 0.855. The van der Waals surface area contributed by atoms with E-state index in [2.05, 4.69) is 37.2 Å². The molecular formula is C16H24N2O2. The largest absolute Gasteiger partial charge is 0.493 e. The van der Waals surface area contributed by atoms with E-state index >= 15 is 0 Å². The van der Waals surface area contributed by atoms with Crippen LogP contribution in [0.5, 0.6) is 11.5 Å². The summed E-state index contributed by atoms with van der Waals surface area (Å²) in [6.07, 6.45) is 5.32. The van der Waals surface area contributed by atoms with Crippen molar-refractivity contribution in [3.05, 3.63) is 35.9 Å². The number of methoxy groups -OCH3 is 2. The summed E-state index contributed by atoms with van der Waals surface area (Å²) in [5.41, 5.74) is 7.60. The molecule has 0 aliphatic heterocycles. The van der Waals surface area contributed by atoms with E-state index in [4.69, 9.17) is 15.2 Å². The number of ether oxygens (including phenoxy) is 2. The van der Waals surface area contributed by atoms with E-state index in [1.54, 1.807) is 14.2 Å². The first kappa shape index (κ1) is 14.9. The third-order valence-electron chi connectivity index (χ3n) is 4.01. The smallest absolute Gasteiger partial charge is 0.164 e. The fourth-order valence-corrected chi connectivity index (χ4v) is 2.94. The molecule has 0 fully saturated rings. The summed E-state index contributed by atoms with van der Waals surface area (Å²) < 4.78 is 10.9. The van der Waals surface area contributed by atoms with Crippen molar-refractivity contribution >= 4 is 0 Å². The molecule has 4 nitrogen and oxygen atoms in total. The Balaban J connectivity index is 2.39. The highest BCUT2D eigenvalue weighted by molar-refractivity contribution is 5.49. The fraction of sp³-hybridized carbons (Fsp3) is 0.500. The van der Waals surface area contributed by atoms with E-state index in [1.807, 2.05) is 12.1 Å². The molecule has 1 aromatic rings. The molecule has 3 atom stereocenters. The van der Waals surface area contributed by atoms with E-state index < -0.39 is 0 Å². The molecule has 0 spiro atoms. The third kappa shape index (κ3) is 2.67. The summed E-state index contributed by atoms with van der Waals surface area (Å²) in [4.78, 5) is 2.15. The molecule has 0 heterocycles. The first-order valence-electron chi connectivity index (χ1n) is 6.89. The predicted octanol–water partition coefficient (Wildman–Crippen LogP) is 2.00. The molecule has 0 amide bonds. The molecule has 20 heavy (non-hydrogen) atoms. The molecule has 4 heteroatoms. The highest BCUT2D eigenvalue weighted by atomic mass is 16.5. The number of allylic oxidation sites excluding steroid dienone is 1. The van der Waals surface area contributed by atoms with Gasteiger partial charge in [0.25, 0.3) is 0 Å². The van der Waals surface area contributed by atoms with Crippen LogP contribution < -0.4 is 15.2 Å². The minimum atomic E-state index is 0.0380. The van der Waals surface area contributed by atoms with Crippen LogP contribution in [0.3, 0.4) is 0 Å². The Morgan fingerprint density at radius 2 is 1.95 bits per heavy atom. The van der Waals surface area contributed by atoms with Gasteiger partial charge in [0.15, 0.2) is 11.5 Å². The first-order valence-corrected chi connectivity index (χ1v) is 6.89. The molecule has 2 rings (SSSR count). The second-order valence-electron chi connectivity index (χ2n) is 5.38. The van der Waals surface area contributed by atoms with Gasteiger partial charge in [-0.1, -0.05) is 24.3 Å². The number of benzene rings is 1. The topological polar surface area (TPSA) is 47.7 Å². The van der Waals surface area contributed by atoms with Crippen molar-refractivity contribution in [2.75, 3.05) is 28.3 Å². The van der Waals surface area contributed by atoms with Gasteiger partial charge >= 0.3 is 0 Å². The van der Waals surface area contributed by atoms with Gasteiger partial charge in [0.1, 0.15) is 0 Å². The fourth-order valence-electron chi connectivity index (χ4n) is 2.94. The van der Waals surface area contributed by atoms with Crippen molar-refractivity contribution in [2.24, 2.45) is 5.73 Å². The van der Waals surface area contributed by atoms with Gasteiger partial charge in [-0.3, -0.25) is 0 Å². The van der Waals surface area contributed by atoms with Crippen LogP contribution in [-0.4, -0.2) is 45.3 Å². The molecule has 1 aliphatic carbocycles. The van der Waals surface area contributed by atoms with Crippen LogP contribution in [0.2, 0.25) is 0 Å². The monoisotopic (exact) mass is 276 g/mol. The number of rotatable bonds is 4. The van der Waals surface area contributed by atoms with Crippen LogP contribution in [-0.2, 0) is 0 Å². The van der Waals surface area contributed by atoms with Crippen LogP contribution in [0.25, 0.3) is 0 Å². The average molecular weight is 276 g/mol. The number of hydrogen-bond donors (Lipinski definition) is 1. The third-order valence-corrected chi connectivity index (χ3v) is 4.01. The summed E-state index contributed by atoms with van der Waals surface area (Å²) in [5, 5.41) is 0. The molecule has 110 valence electrons. The summed E-state index contributed by atoms with van der Waals surface area (Å²) in [6.45, 7) is 0. The van der Waals surface area contributed by atoms with Crippen molar-refractivity contribution < 1.29 is 9.47 Å². The lowest BCUT2D eigenvalue weighted by Gasteiger charge is -2.36. The van der Waals surface area contributed by atoms with Crippen LogP contribution in [0.4, 0.5) is 0 Å².